The number of alkyl carbamates (subject to hydrolysis) is 1. The van der Waals surface area contributed by atoms with Gasteiger partial charge in [-0.25, -0.2) is 14.8 Å². The van der Waals surface area contributed by atoms with E-state index in [1.807, 2.05) is 79.7 Å². The van der Waals surface area contributed by atoms with E-state index in [0.29, 0.717) is 11.6 Å². The lowest BCUT2D eigenvalue weighted by Gasteiger charge is -2.33. The highest BCUT2D eigenvalue weighted by atomic mass is 16.9. The van der Waals surface area contributed by atoms with Gasteiger partial charge < -0.3 is 40.1 Å². The van der Waals surface area contributed by atoms with Crippen LogP contribution in [0.15, 0.2) is 60.9 Å². The van der Waals surface area contributed by atoms with Gasteiger partial charge in [0.05, 0.1) is 49.0 Å². The van der Waals surface area contributed by atoms with Crippen LogP contribution < -0.4 is 21.3 Å². The average Bonchev–Trinajstić information content (AvgIpc) is 3.82. The molecule has 0 unspecified atom stereocenters. The van der Waals surface area contributed by atoms with Crippen molar-refractivity contribution in [3.8, 4) is 33.6 Å². The largest absolute Gasteiger partial charge is 0.453 e. The maximum atomic E-state index is 13.3. The first-order chi connectivity index (χ1) is 25.7. The van der Waals surface area contributed by atoms with E-state index in [9.17, 15) is 14.4 Å². The number of hydrogen-bond donors (Lipinski definition) is 6. The summed E-state index contributed by atoms with van der Waals surface area (Å²) in [7, 11) is 1.27. The predicted molar refractivity (Wildman–Crippen MR) is 205 cm³/mol. The number of methoxy groups -OCH3 is 1. The SMILES string of the molecule is COC(=O)N[C@@H](C(=O)N[C@@H](c1ncc(-c2ccc(-c3ccc(-c4cnc([C@H](NC(=O)[C@H](NC5OCO5)C(C)C)C(C)C)[nH]4)cc3)cc2)[nH]1)C(C)C)C(C)C. The Morgan fingerprint density at radius 1 is 0.630 bits per heavy atom. The summed E-state index contributed by atoms with van der Waals surface area (Å²) >= 11 is 0. The van der Waals surface area contributed by atoms with Crippen LogP contribution in [-0.2, 0) is 23.8 Å². The van der Waals surface area contributed by atoms with Gasteiger partial charge in [-0.15, -0.1) is 0 Å². The molecule has 3 heterocycles. The van der Waals surface area contributed by atoms with E-state index in [1.165, 1.54) is 7.11 Å². The lowest BCUT2D eigenvalue weighted by Crippen LogP contribution is -2.56. The second kappa shape index (κ2) is 17.9. The van der Waals surface area contributed by atoms with Crippen molar-refractivity contribution in [2.75, 3.05) is 13.9 Å². The first-order valence-electron chi connectivity index (χ1n) is 18.5. The zero-order valence-corrected chi connectivity index (χ0v) is 32.5. The van der Waals surface area contributed by atoms with Gasteiger partial charge in [-0.3, -0.25) is 14.9 Å². The Hall–Kier alpha value is -5.05. The fraction of sp³-hybridized carbons (Fsp3) is 0.475. The zero-order valence-electron chi connectivity index (χ0n) is 32.5. The number of carbonyl (C=O) groups is 3. The number of imidazole rings is 2. The van der Waals surface area contributed by atoms with Gasteiger partial charge in [-0.2, -0.15) is 0 Å². The number of nitrogens with zero attached hydrogens (tertiary/aromatic N) is 2. The Morgan fingerprint density at radius 3 is 1.39 bits per heavy atom. The van der Waals surface area contributed by atoms with Crippen molar-refractivity contribution in [3.63, 3.8) is 0 Å². The molecule has 1 saturated heterocycles. The minimum Gasteiger partial charge on any atom is -0.453 e. The van der Waals surface area contributed by atoms with E-state index in [4.69, 9.17) is 14.2 Å². The molecule has 1 fully saturated rings. The predicted octanol–water partition coefficient (Wildman–Crippen LogP) is 6.04. The van der Waals surface area contributed by atoms with E-state index in [0.717, 1.165) is 33.6 Å². The molecular weight excluding hydrogens is 688 g/mol. The summed E-state index contributed by atoms with van der Waals surface area (Å²) in [5.74, 6) is 0.871. The van der Waals surface area contributed by atoms with E-state index in [-0.39, 0.29) is 48.3 Å². The molecule has 6 N–H and O–H groups in total. The number of benzene rings is 2. The summed E-state index contributed by atoms with van der Waals surface area (Å²) in [6.07, 6.45) is 2.33. The number of rotatable bonds is 16. The molecular formula is C40H54N8O6. The molecule has 5 rings (SSSR count). The lowest BCUT2D eigenvalue weighted by atomic mass is 10.00. The number of aromatic amines is 2. The smallest absolute Gasteiger partial charge is 0.407 e. The summed E-state index contributed by atoms with van der Waals surface area (Å²) in [4.78, 5) is 54.4. The van der Waals surface area contributed by atoms with Crippen LogP contribution in [0.5, 0.6) is 0 Å². The van der Waals surface area contributed by atoms with Gasteiger partial charge >= 0.3 is 6.09 Å². The first kappa shape index (κ1) is 40.1. The van der Waals surface area contributed by atoms with Gasteiger partial charge in [0.25, 0.3) is 0 Å². The van der Waals surface area contributed by atoms with Gasteiger partial charge in [0.1, 0.15) is 17.7 Å². The summed E-state index contributed by atoms with van der Waals surface area (Å²) < 4.78 is 15.3. The molecule has 0 saturated carbocycles. The molecule has 2 aromatic heterocycles. The van der Waals surface area contributed by atoms with E-state index >= 15 is 0 Å². The number of hydrogen-bond acceptors (Lipinski definition) is 9. The molecule has 2 aromatic carbocycles. The summed E-state index contributed by atoms with van der Waals surface area (Å²) in [6.45, 7) is 16.0. The van der Waals surface area contributed by atoms with Gasteiger partial charge in [0, 0.05) is 0 Å². The Morgan fingerprint density at radius 2 is 1.04 bits per heavy atom. The van der Waals surface area contributed by atoms with Crippen LogP contribution >= 0.6 is 0 Å². The van der Waals surface area contributed by atoms with Crippen molar-refractivity contribution in [1.29, 1.82) is 0 Å². The highest BCUT2D eigenvalue weighted by molar-refractivity contribution is 5.86. The van der Waals surface area contributed by atoms with Crippen molar-refractivity contribution < 1.29 is 28.6 Å². The molecule has 1 aliphatic heterocycles. The highest BCUT2D eigenvalue weighted by Crippen LogP contribution is 2.29. The molecule has 54 heavy (non-hydrogen) atoms. The molecule has 0 radical (unpaired) electrons. The minimum atomic E-state index is -0.752. The second-order valence-electron chi connectivity index (χ2n) is 15.0. The Kier molecular flexibility index (Phi) is 13.3. The molecule has 0 aliphatic carbocycles. The zero-order chi connectivity index (χ0) is 39.1. The molecule has 4 aromatic rings. The van der Waals surface area contributed by atoms with Crippen LogP contribution in [0.3, 0.4) is 0 Å². The van der Waals surface area contributed by atoms with Crippen LogP contribution in [0.25, 0.3) is 33.6 Å². The molecule has 0 bridgehead atoms. The maximum Gasteiger partial charge on any atom is 0.407 e. The molecule has 0 spiro atoms. The lowest BCUT2D eigenvalue weighted by molar-refractivity contribution is -0.335. The quantitative estimate of drug-likeness (QED) is 0.0797. The fourth-order valence-corrected chi connectivity index (χ4v) is 6.23. The van der Waals surface area contributed by atoms with Gasteiger partial charge in [0.15, 0.2) is 6.79 Å². The molecule has 290 valence electrons. The number of ether oxygens (including phenoxy) is 3. The van der Waals surface area contributed by atoms with Crippen LogP contribution in [0.4, 0.5) is 4.79 Å². The van der Waals surface area contributed by atoms with E-state index in [2.05, 4.69) is 65.5 Å². The van der Waals surface area contributed by atoms with E-state index < -0.39 is 30.6 Å². The van der Waals surface area contributed by atoms with Crippen LogP contribution in [-0.4, -0.2) is 70.2 Å². The third-order valence-corrected chi connectivity index (χ3v) is 9.55. The van der Waals surface area contributed by atoms with Gasteiger partial charge in [-0.1, -0.05) is 104 Å². The summed E-state index contributed by atoms with van der Waals surface area (Å²) in [6, 6.07) is 14.5. The molecule has 14 heteroatoms. The number of amides is 3. The van der Waals surface area contributed by atoms with E-state index in [1.54, 1.807) is 12.4 Å². The molecule has 3 amide bonds. The molecule has 1 aliphatic rings. The maximum absolute atomic E-state index is 13.3. The van der Waals surface area contributed by atoms with Crippen LogP contribution in [0.1, 0.15) is 79.1 Å². The first-order valence-corrected chi connectivity index (χ1v) is 18.5. The van der Waals surface area contributed by atoms with Gasteiger partial charge in [0.2, 0.25) is 18.2 Å². The standard InChI is InChI=1S/C40H54N8O6/c1-21(2)31(45-37(49)33(23(5)6)47-39(51)52-9)35-41-18-29(43-35)27-14-10-25(11-15-27)26-12-16-28(17-13-26)30-19-42-36(44-30)32(22(3)4)46-38(50)34(24(7)8)48-40-53-20-54-40/h10-19,21-24,31-34,40,48H,20H2,1-9H3,(H,41,43)(H,42,44)(H,45,49)(H,46,50)(H,47,51)/t31-,32-,33-,34-/m1/s1. The molecule has 14 nitrogen and oxygen atoms in total. The van der Waals surface area contributed by atoms with Crippen LogP contribution in [0, 0.1) is 23.7 Å². The topological polar surface area (TPSA) is 184 Å². The third kappa shape index (κ3) is 9.73. The minimum absolute atomic E-state index is 0.0252. The molecule has 4 atom stereocenters. The Balaban J connectivity index is 1.24. The Labute approximate surface area is 317 Å². The van der Waals surface area contributed by atoms with Crippen molar-refractivity contribution in [2.45, 2.75) is 86.0 Å². The average molecular weight is 743 g/mol. The summed E-state index contributed by atoms with van der Waals surface area (Å²) in [5, 5.41) is 12.0. The third-order valence-electron chi connectivity index (χ3n) is 9.55. The van der Waals surface area contributed by atoms with Gasteiger partial charge in [-0.05, 0) is 45.9 Å². The number of carbonyl (C=O) groups excluding carboxylic acids is 3. The van der Waals surface area contributed by atoms with Crippen molar-refractivity contribution in [1.82, 2.24) is 41.2 Å². The fourth-order valence-electron chi connectivity index (χ4n) is 6.23. The van der Waals surface area contributed by atoms with Crippen molar-refractivity contribution >= 4 is 17.9 Å². The second-order valence-corrected chi connectivity index (χ2v) is 15.0. The normalized spacial score (nSPS) is 15.5. The monoisotopic (exact) mass is 742 g/mol. The Bertz CT molecular complexity index is 1850. The highest BCUT2D eigenvalue weighted by Gasteiger charge is 2.32. The van der Waals surface area contributed by atoms with Crippen LogP contribution in [0.2, 0.25) is 0 Å². The van der Waals surface area contributed by atoms with Crippen molar-refractivity contribution in [2.24, 2.45) is 23.7 Å². The number of aromatic nitrogens is 4. The number of H-pyrrole nitrogens is 2. The number of nitrogens with one attached hydrogen (secondary N) is 6. The summed E-state index contributed by atoms with van der Waals surface area (Å²) in [5.41, 5.74) is 5.70. The van der Waals surface area contributed by atoms with Crippen molar-refractivity contribution in [3.05, 3.63) is 72.6 Å².